The van der Waals surface area contributed by atoms with Crippen molar-refractivity contribution < 1.29 is 0 Å². The molecule has 1 heterocycles. The van der Waals surface area contributed by atoms with Crippen LogP contribution in [0.25, 0.3) is 10.9 Å². The molecule has 0 saturated carbocycles. The first-order valence-electron chi connectivity index (χ1n) is 5.89. The van der Waals surface area contributed by atoms with Gasteiger partial charge in [0.05, 0.1) is 0 Å². The second-order valence-electron chi connectivity index (χ2n) is 4.66. The summed E-state index contributed by atoms with van der Waals surface area (Å²) < 4.78 is 2.27. The molecule has 0 aliphatic rings. The summed E-state index contributed by atoms with van der Waals surface area (Å²) in [5.74, 6) is 0. The second-order valence-corrected chi connectivity index (χ2v) is 4.66. The summed E-state index contributed by atoms with van der Waals surface area (Å²) in [5.41, 5.74) is 9.97. The Kier molecular flexibility index (Phi) is 3.01. The first-order chi connectivity index (χ1) is 7.61. The Morgan fingerprint density at radius 1 is 1.31 bits per heavy atom. The predicted octanol–water partition coefficient (Wildman–Crippen LogP) is 2.77. The third-order valence-corrected chi connectivity index (χ3v) is 3.38. The number of hydrogen-bond acceptors (Lipinski definition) is 1. The normalized spacial score (nSPS) is 13.2. The fraction of sp³-hybridized carbons (Fsp3) is 0.429. The molecule has 1 atom stereocenters. The summed E-state index contributed by atoms with van der Waals surface area (Å²) >= 11 is 0. The molecule has 2 heteroatoms. The minimum absolute atomic E-state index is 0.276. The van der Waals surface area contributed by atoms with E-state index in [1.807, 2.05) is 0 Å². The van der Waals surface area contributed by atoms with Crippen molar-refractivity contribution in [3.8, 4) is 0 Å². The summed E-state index contributed by atoms with van der Waals surface area (Å²) in [6.45, 7) is 4.26. The molecule has 2 N–H and O–H groups in total. The molecule has 0 aliphatic carbocycles. The molecule has 2 rings (SSSR count). The van der Waals surface area contributed by atoms with E-state index in [0.717, 1.165) is 12.8 Å². The summed E-state index contributed by atoms with van der Waals surface area (Å²) in [6, 6.07) is 8.86. The number of benzene rings is 1. The molecular weight excluding hydrogens is 196 g/mol. The topological polar surface area (TPSA) is 30.9 Å². The maximum Gasteiger partial charge on any atom is 0.0482 e. The van der Waals surface area contributed by atoms with Crippen molar-refractivity contribution in [2.24, 2.45) is 12.8 Å². The number of aryl methyl sites for hydroxylation is 2. The average molecular weight is 216 g/mol. The lowest BCUT2D eigenvalue weighted by molar-refractivity contribution is 0.664. The van der Waals surface area contributed by atoms with Gasteiger partial charge in [-0.3, -0.25) is 0 Å². The van der Waals surface area contributed by atoms with Gasteiger partial charge in [-0.25, -0.2) is 0 Å². The van der Waals surface area contributed by atoms with Crippen molar-refractivity contribution in [2.45, 2.75) is 32.7 Å². The maximum atomic E-state index is 5.83. The number of nitrogens with zero attached hydrogens (tertiary/aromatic N) is 1. The monoisotopic (exact) mass is 216 g/mol. The highest BCUT2D eigenvalue weighted by Crippen LogP contribution is 2.25. The molecule has 1 aromatic carbocycles. The van der Waals surface area contributed by atoms with Gasteiger partial charge in [0.1, 0.15) is 0 Å². The SMILES string of the molecule is Cc1c(CC[C@H](C)N)c2ccccc2n1C. The summed E-state index contributed by atoms with van der Waals surface area (Å²) in [6.07, 6.45) is 2.12. The van der Waals surface area contributed by atoms with Crippen molar-refractivity contribution >= 4 is 10.9 Å². The Labute approximate surface area is 97.1 Å². The molecule has 86 valence electrons. The summed E-state index contributed by atoms with van der Waals surface area (Å²) in [5, 5.41) is 1.38. The molecule has 2 nitrogen and oxygen atoms in total. The Bertz CT molecular complexity index is 495. The van der Waals surface area contributed by atoms with E-state index in [-0.39, 0.29) is 6.04 Å². The predicted molar refractivity (Wildman–Crippen MR) is 69.6 cm³/mol. The van der Waals surface area contributed by atoms with E-state index in [0.29, 0.717) is 0 Å². The first kappa shape index (κ1) is 11.2. The highest BCUT2D eigenvalue weighted by atomic mass is 14.9. The van der Waals surface area contributed by atoms with Crippen LogP contribution in [0.5, 0.6) is 0 Å². The number of fused-ring (bicyclic) bond motifs is 1. The molecule has 0 aliphatic heterocycles. The zero-order chi connectivity index (χ0) is 11.7. The van der Waals surface area contributed by atoms with Crippen molar-refractivity contribution in [1.82, 2.24) is 4.57 Å². The molecule has 0 saturated heterocycles. The largest absolute Gasteiger partial charge is 0.348 e. The lowest BCUT2D eigenvalue weighted by Gasteiger charge is -2.05. The smallest absolute Gasteiger partial charge is 0.0482 e. The van der Waals surface area contributed by atoms with Gasteiger partial charge >= 0.3 is 0 Å². The van der Waals surface area contributed by atoms with Crippen LogP contribution in [0, 0.1) is 6.92 Å². The van der Waals surface area contributed by atoms with E-state index in [9.17, 15) is 0 Å². The van der Waals surface area contributed by atoms with Crippen molar-refractivity contribution in [1.29, 1.82) is 0 Å². The highest BCUT2D eigenvalue weighted by molar-refractivity contribution is 5.85. The second kappa shape index (κ2) is 4.30. The minimum Gasteiger partial charge on any atom is -0.348 e. The number of hydrogen-bond donors (Lipinski definition) is 1. The summed E-state index contributed by atoms with van der Waals surface area (Å²) in [7, 11) is 2.13. The van der Waals surface area contributed by atoms with Gasteiger partial charge < -0.3 is 10.3 Å². The zero-order valence-corrected chi connectivity index (χ0v) is 10.3. The fourth-order valence-electron chi connectivity index (χ4n) is 2.29. The molecule has 2 aromatic rings. The number of rotatable bonds is 3. The van der Waals surface area contributed by atoms with Crippen LogP contribution in [0.4, 0.5) is 0 Å². The molecule has 1 aromatic heterocycles. The first-order valence-corrected chi connectivity index (χ1v) is 5.89. The van der Waals surface area contributed by atoms with Crippen molar-refractivity contribution in [2.75, 3.05) is 0 Å². The van der Waals surface area contributed by atoms with Crippen LogP contribution in [0.1, 0.15) is 24.6 Å². The van der Waals surface area contributed by atoms with Gasteiger partial charge in [-0.05, 0) is 38.3 Å². The molecule has 16 heavy (non-hydrogen) atoms. The van der Waals surface area contributed by atoms with Gasteiger partial charge in [-0.2, -0.15) is 0 Å². The van der Waals surface area contributed by atoms with E-state index >= 15 is 0 Å². The molecule has 0 unspecified atom stereocenters. The van der Waals surface area contributed by atoms with Crippen LogP contribution in [0.15, 0.2) is 24.3 Å². The minimum atomic E-state index is 0.276. The van der Waals surface area contributed by atoms with E-state index in [2.05, 4.69) is 49.7 Å². The van der Waals surface area contributed by atoms with Crippen LogP contribution in [-0.2, 0) is 13.5 Å². The van der Waals surface area contributed by atoms with Gasteiger partial charge in [-0.15, -0.1) is 0 Å². The standard InChI is InChI=1S/C14H20N2/c1-10(15)8-9-12-11(2)16(3)14-7-5-4-6-13(12)14/h4-7,10H,8-9,15H2,1-3H3/t10-/m0/s1. The molecular formula is C14H20N2. The highest BCUT2D eigenvalue weighted by Gasteiger charge is 2.11. The summed E-state index contributed by atoms with van der Waals surface area (Å²) in [4.78, 5) is 0. The number of nitrogens with two attached hydrogens (primary N) is 1. The molecule has 0 fully saturated rings. The van der Waals surface area contributed by atoms with Gasteiger partial charge in [0, 0.05) is 29.7 Å². The van der Waals surface area contributed by atoms with Crippen molar-refractivity contribution in [3.63, 3.8) is 0 Å². The quantitative estimate of drug-likeness (QED) is 0.840. The lowest BCUT2D eigenvalue weighted by atomic mass is 10.0. The zero-order valence-electron chi connectivity index (χ0n) is 10.3. The van der Waals surface area contributed by atoms with Crippen LogP contribution in [0.3, 0.4) is 0 Å². The van der Waals surface area contributed by atoms with E-state index in [1.165, 1.54) is 22.2 Å². The van der Waals surface area contributed by atoms with E-state index < -0.39 is 0 Å². The Morgan fingerprint density at radius 2 is 2.00 bits per heavy atom. The third kappa shape index (κ3) is 1.85. The van der Waals surface area contributed by atoms with Crippen LogP contribution >= 0.6 is 0 Å². The lowest BCUT2D eigenvalue weighted by Crippen LogP contribution is -2.15. The molecule has 0 amide bonds. The van der Waals surface area contributed by atoms with Crippen LogP contribution in [0.2, 0.25) is 0 Å². The molecule has 0 radical (unpaired) electrons. The average Bonchev–Trinajstić information content (AvgIpc) is 2.50. The van der Waals surface area contributed by atoms with Crippen LogP contribution < -0.4 is 5.73 Å². The maximum absolute atomic E-state index is 5.83. The van der Waals surface area contributed by atoms with Gasteiger partial charge in [-0.1, -0.05) is 18.2 Å². The Morgan fingerprint density at radius 3 is 2.69 bits per heavy atom. The Balaban J connectivity index is 2.47. The Hall–Kier alpha value is -1.28. The molecule has 0 spiro atoms. The fourth-order valence-corrected chi connectivity index (χ4v) is 2.29. The van der Waals surface area contributed by atoms with Gasteiger partial charge in [0.15, 0.2) is 0 Å². The van der Waals surface area contributed by atoms with Crippen LogP contribution in [-0.4, -0.2) is 10.6 Å². The van der Waals surface area contributed by atoms with E-state index in [4.69, 9.17) is 5.73 Å². The van der Waals surface area contributed by atoms with E-state index in [1.54, 1.807) is 0 Å². The number of para-hydroxylation sites is 1. The third-order valence-electron chi connectivity index (χ3n) is 3.38. The van der Waals surface area contributed by atoms with Gasteiger partial charge in [0.25, 0.3) is 0 Å². The van der Waals surface area contributed by atoms with Crippen molar-refractivity contribution in [3.05, 3.63) is 35.5 Å². The molecule has 0 bridgehead atoms. The number of aromatic nitrogens is 1. The van der Waals surface area contributed by atoms with Gasteiger partial charge in [0.2, 0.25) is 0 Å².